The summed E-state index contributed by atoms with van der Waals surface area (Å²) in [6.45, 7) is 2.23. The molecule has 0 bridgehead atoms. The first-order valence-electron chi connectivity index (χ1n) is 7.48. The van der Waals surface area contributed by atoms with Crippen LogP contribution in [0.25, 0.3) is 0 Å². The van der Waals surface area contributed by atoms with Crippen molar-refractivity contribution in [2.45, 2.75) is 62.7 Å². The quantitative estimate of drug-likeness (QED) is 0.781. The summed E-state index contributed by atoms with van der Waals surface area (Å²) < 4.78 is 24.1. The normalized spacial score (nSPS) is 37.3. The van der Waals surface area contributed by atoms with Crippen LogP contribution in [-0.4, -0.2) is 36.2 Å². The molecule has 2 aliphatic rings. The van der Waals surface area contributed by atoms with Gasteiger partial charge in [0.1, 0.15) is 5.25 Å². The molecule has 1 aliphatic carbocycles. The number of carbonyl (C=O) groups excluding carboxylic acids is 1. The van der Waals surface area contributed by atoms with E-state index < -0.39 is 15.1 Å². The molecule has 0 aromatic heterocycles. The van der Waals surface area contributed by atoms with E-state index in [0.29, 0.717) is 24.1 Å². The van der Waals surface area contributed by atoms with Gasteiger partial charge in [0, 0.05) is 10.9 Å². The summed E-state index contributed by atoms with van der Waals surface area (Å²) in [7, 11) is -3.25. The number of hydrogen-bond acceptors (Lipinski definition) is 3. The van der Waals surface area contributed by atoms with Crippen molar-refractivity contribution in [3.05, 3.63) is 0 Å². The highest BCUT2D eigenvalue weighted by molar-refractivity contribution is 9.09. The average Bonchev–Trinajstić information content (AvgIpc) is 2.41. The SMILES string of the molecule is CC1CCC(CBr)(NC(=O)C2CCCCS2(=O)=O)CC1. The van der Waals surface area contributed by atoms with Crippen molar-refractivity contribution < 1.29 is 13.2 Å². The Bertz CT molecular complexity index is 455. The highest BCUT2D eigenvalue weighted by Crippen LogP contribution is 2.33. The van der Waals surface area contributed by atoms with Gasteiger partial charge in [-0.15, -0.1) is 0 Å². The summed E-state index contributed by atoms with van der Waals surface area (Å²) in [4.78, 5) is 12.4. The van der Waals surface area contributed by atoms with E-state index in [0.717, 1.165) is 32.1 Å². The number of alkyl halides is 1. The van der Waals surface area contributed by atoms with Crippen molar-refractivity contribution in [3.8, 4) is 0 Å². The molecule has 6 heteroatoms. The maximum absolute atomic E-state index is 12.4. The second-order valence-electron chi connectivity index (χ2n) is 6.44. The van der Waals surface area contributed by atoms with E-state index in [-0.39, 0.29) is 17.2 Å². The summed E-state index contributed by atoms with van der Waals surface area (Å²) in [5, 5.41) is 2.94. The summed E-state index contributed by atoms with van der Waals surface area (Å²) in [6.07, 6.45) is 6.02. The largest absolute Gasteiger partial charge is 0.349 e. The third-order valence-electron chi connectivity index (χ3n) is 4.75. The zero-order chi connectivity index (χ0) is 14.8. The Labute approximate surface area is 130 Å². The van der Waals surface area contributed by atoms with E-state index in [1.807, 2.05) is 0 Å². The van der Waals surface area contributed by atoms with Gasteiger partial charge < -0.3 is 5.32 Å². The zero-order valence-corrected chi connectivity index (χ0v) is 14.4. The summed E-state index contributed by atoms with van der Waals surface area (Å²) in [5.41, 5.74) is -0.253. The van der Waals surface area contributed by atoms with Crippen LogP contribution >= 0.6 is 15.9 Å². The smallest absolute Gasteiger partial charge is 0.238 e. The second-order valence-corrected chi connectivity index (χ2v) is 9.30. The van der Waals surface area contributed by atoms with Crippen molar-refractivity contribution in [1.82, 2.24) is 5.32 Å². The first-order valence-corrected chi connectivity index (χ1v) is 10.3. The van der Waals surface area contributed by atoms with Crippen molar-refractivity contribution in [3.63, 3.8) is 0 Å². The third-order valence-corrected chi connectivity index (χ3v) is 7.99. The molecular formula is C14H24BrNO3S. The van der Waals surface area contributed by atoms with Crippen molar-refractivity contribution in [2.75, 3.05) is 11.1 Å². The molecule has 1 saturated carbocycles. The Balaban J connectivity index is 2.06. The predicted octanol–water partition coefficient (Wildman–Crippen LogP) is 2.41. The van der Waals surface area contributed by atoms with Crippen LogP contribution in [0.1, 0.15) is 51.9 Å². The van der Waals surface area contributed by atoms with Gasteiger partial charge >= 0.3 is 0 Å². The van der Waals surface area contributed by atoms with Gasteiger partial charge in [-0.1, -0.05) is 29.3 Å². The molecule has 1 N–H and O–H groups in total. The van der Waals surface area contributed by atoms with Gasteiger partial charge in [0.05, 0.1) is 5.75 Å². The van der Waals surface area contributed by atoms with Crippen LogP contribution in [-0.2, 0) is 14.6 Å². The summed E-state index contributed by atoms with van der Waals surface area (Å²) in [6, 6.07) is 0. The van der Waals surface area contributed by atoms with Crippen molar-refractivity contribution in [1.29, 1.82) is 0 Å². The van der Waals surface area contributed by atoms with Gasteiger partial charge in [-0.25, -0.2) is 8.42 Å². The summed E-state index contributed by atoms with van der Waals surface area (Å²) in [5.74, 6) is 0.569. The molecule has 1 atom stereocenters. The van der Waals surface area contributed by atoms with Crippen LogP contribution in [0.2, 0.25) is 0 Å². The molecule has 20 heavy (non-hydrogen) atoms. The molecular weight excluding hydrogens is 342 g/mol. The first-order chi connectivity index (χ1) is 9.38. The Morgan fingerprint density at radius 3 is 2.45 bits per heavy atom. The van der Waals surface area contributed by atoms with Crippen LogP contribution in [0.5, 0.6) is 0 Å². The molecule has 2 fully saturated rings. The van der Waals surface area contributed by atoms with E-state index in [2.05, 4.69) is 28.2 Å². The van der Waals surface area contributed by atoms with Crippen LogP contribution in [0.15, 0.2) is 0 Å². The Morgan fingerprint density at radius 1 is 1.25 bits per heavy atom. The van der Waals surface area contributed by atoms with Crippen molar-refractivity contribution >= 4 is 31.7 Å². The molecule has 0 aromatic rings. The molecule has 1 amide bonds. The standard InChI is InChI=1S/C14H24BrNO3S/c1-11-5-7-14(10-15,8-6-11)16-13(17)12-4-2-3-9-20(12,18)19/h11-12H,2-10H2,1H3,(H,16,17). The van der Waals surface area contributed by atoms with Crippen molar-refractivity contribution in [2.24, 2.45) is 5.92 Å². The molecule has 0 radical (unpaired) electrons. The minimum atomic E-state index is -3.25. The van der Waals surface area contributed by atoms with E-state index >= 15 is 0 Å². The number of carbonyl (C=O) groups is 1. The highest BCUT2D eigenvalue weighted by atomic mass is 79.9. The highest BCUT2D eigenvalue weighted by Gasteiger charge is 2.40. The average molecular weight is 366 g/mol. The number of hydrogen-bond donors (Lipinski definition) is 1. The molecule has 1 saturated heterocycles. The fourth-order valence-corrected chi connectivity index (χ4v) is 5.70. The van der Waals surface area contributed by atoms with E-state index in [1.54, 1.807) is 0 Å². The van der Waals surface area contributed by atoms with Gasteiger partial charge in [0.25, 0.3) is 0 Å². The lowest BCUT2D eigenvalue weighted by Gasteiger charge is -2.40. The molecule has 1 unspecified atom stereocenters. The summed E-state index contributed by atoms with van der Waals surface area (Å²) >= 11 is 3.50. The number of nitrogens with one attached hydrogen (secondary N) is 1. The molecule has 116 valence electrons. The minimum Gasteiger partial charge on any atom is -0.349 e. The number of rotatable bonds is 3. The molecule has 0 spiro atoms. The van der Waals surface area contributed by atoms with Crippen LogP contribution in [0.3, 0.4) is 0 Å². The molecule has 1 heterocycles. The predicted molar refractivity (Wildman–Crippen MR) is 83.7 cm³/mol. The minimum absolute atomic E-state index is 0.156. The fourth-order valence-electron chi connectivity index (χ4n) is 3.20. The monoisotopic (exact) mass is 365 g/mol. The lowest BCUT2D eigenvalue weighted by atomic mass is 9.78. The molecule has 0 aromatic carbocycles. The fraction of sp³-hybridized carbons (Fsp3) is 0.929. The second kappa shape index (κ2) is 6.34. The maximum atomic E-state index is 12.4. The van der Waals surface area contributed by atoms with Gasteiger partial charge in [-0.3, -0.25) is 4.79 Å². The van der Waals surface area contributed by atoms with Gasteiger partial charge in [0.15, 0.2) is 9.84 Å². The molecule has 2 rings (SSSR count). The maximum Gasteiger partial charge on any atom is 0.238 e. The lowest BCUT2D eigenvalue weighted by molar-refractivity contribution is -0.123. The molecule has 1 aliphatic heterocycles. The number of amides is 1. The Kier molecular flexibility index (Phi) is 5.16. The number of halogens is 1. The van der Waals surface area contributed by atoms with Gasteiger partial charge in [0.2, 0.25) is 5.91 Å². The van der Waals surface area contributed by atoms with Gasteiger partial charge in [-0.2, -0.15) is 0 Å². The zero-order valence-electron chi connectivity index (χ0n) is 12.0. The third kappa shape index (κ3) is 3.56. The molecule has 4 nitrogen and oxygen atoms in total. The van der Waals surface area contributed by atoms with Gasteiger partial charge in [-0.05, 0) is 44.4 Å². The van der Waals surface area contributed by atoms with E-state index in [9.17, 15) is 13.2 Å². The van der Waals surface area contributed by atoms with E-state index in [1.165, 1.54) is 0 Å². The van der Waals surface area contributed by atoms with E-state index in [4.69, 9.17) is 0 Å². The number of sulfone groups is 1. The Morgan fingerprint density at radius 2 is 1.90 bits per heavy atom. The van der Waals surface area contributed by atoms with Crippen LogP contribution in [0, 0.1) is 5.92 Å². The first kappa shape index (κ1) is 16.3. The Hall–Kier alpha value is -0.100. The van der Waals surface area contributed by atoms with Crippen LogP contribution in [0.4, 0.5) is 0 Å². The van der Waals surface area contributed by atoms with Crippen LogP contribution < -0.4 is 5.32 Å². The lowest BCUT2D eigenvalue weighted by Crippen LogP contribution is -2.56. The topological polar surface area (TPSA) is 63.2 Å².